The second-order valence-corrected chi connectivity index (χ2v) is 9.06. The van der Waals surface area contributed by atoms with Crippen LogP contribution in [0.1, 0.15) is 59.1 Å². The van der Waals surface area contributed by atoms with Crippen molar-refractivity contribution in [3.8, 4) is 0 Å². The summed E-state index contributed by atoms with van der Waals surface area (Å²) in [6.45, 7) is 9.97. The highest BCUT2D eigenvalue weighted by Crippen LogP contribution is 2.47. The first kappa shape index (κ1) is 20.2. The van der Waals surface area contributed by atoms with Crippen LogP contribution < -0.4 is 5.32 Å². The van der Waals surface area contributed by atoms with E-state index in [1.54, 1.807) is 6.20 Å². The highest BCUT2D eigenvalue weighted by Gasteiger charge is 2.44. The third-order valence-electron chi connectivity index (χ3n) is 7.10. The lowest BCUT2D eigenvalue weighted by molar-refractivity contribution is 0.149. The van der Waals surface area contributed by atoms with Crippen LogP contribution >= 0.6 is 0 Å². The quantitative estimate of drug-likeness (QED) is 0.631. The van der Waals surface area contributed by atoms with E-state index in [1.165, 1.54) is 23.2 Å². The molecule has 2 aliphatic rings. The molecule has 0 atom stereocenters. The van der Waals surface area contributed by atoms with Gasteiger partial charge in [0.1, 0.15) is 17.4 Å². The van der Waals surface area contributed by atoms with E-state index in [4.69, 9.17) is 14.5 Å². The van der Waals surface area contributed by atoms with Gasteiger partial charge >= 0.3 is 0 Å². The molecule has 0 unspecified atom stereocenters. The summed E-state index contributed by atoms with van der Waals surface area (Å²) >= 11 is 0. The van der Waals surface area contributed by atoms with Gasteiger partial charge in [0, 0.05) is 47.9 Å². The molecule has 0 bridgehead atoms. The van der Waals surface area contributed by atoms with Gasteiger partial charge in [-0.3, -0.25) is 10.00 Å². The minimum absolute atomic E-state index is 0.193. The largest absolute Gasteiger partial charge is 0.369 e. The molecule has 31 heavy (non-hydrogen) atoms. The number of nitrogens with one attached hydrogen (secondary N) is 2. The molecule has 1 spiro atoms. The van der Waals surface area contributed by atoms with Gasteiger partial charge in [-0.2, -0.15) is 5.10 Å². The Balaban J connectivity index is 1.28. The van der Waals surface area contributed by atoms with E-state index in [0.29, 0.717) is 0 Å². The third-order valence-corrected chi connectivity index (χ3v) is 7.10. The zero-order valence-corrected chi connectivity index (χ0v) is 18.7. The van der Waals surface area contributed by atoms with Crippen LogP contribution in [0.5, 0.6) is 0 Å². The van der Waals surface area contributed by atoms with Gasteiger partial charge in [0.05, 0.1) is 11.4 Å². The number of aromatic nitrogens is 5. The van der Waals surface area contributed by atoms with Crippen molar-refractivity contribution < 1.29 is 4.52 Å². The van der Waals surface area contributed by atoms with E-state index in [1.807, 2.05) is 26.8 Å². The minimum Gasteiger partial charge on any atom is -0.369 e. The molecule has 3 aromatic heterocycles. The van der Waals surface area contributed by atoms with Gasteiger partial charge < -0.3 is 9.84 Å². The van der Waals surface area contributed by atoms with Crippen molar-refractivity contribution in [1.29, 1.82) is 0 Å². The number of piperidine rings is 1. The first-order valence-electron chi connectivity index (χ1n) is 11.3. The number of hydrogen-bond acceptors (Lipinski definition) is 7. The van der Waals surface area contributed by atoms with Crippen LogP contribution in [0.15, 0.2) is 16.8 Å². The molecular weight excluding hydrogens is 390 g/mol. The van der Waals surface area contributed by atoms with E-state index in [2.05, 4.69) is 25.6 Å². The smallest absolute Gasteiger partial charge is 0.138 e. The molecule has 0 aromatic carbocycles. The van der Waals surface area contributed by atoms with Crippen molar-refractivity contribution in [1.82, 2.24) is 30.2 Å². The molecule has 1 fully saturated rings. The topological polar surface area (TPSA) is 95.8 Å². The van der Waals surface area contributed by atoms with Crippen molar-refractivity contribution in [2.45, 2.75) is 64.8 Å². The third kappa shape index (κ3) is 3.84. The SMILES string of the molecule is Cc1nc(NCCc2ccn[nH]2)c2c(n1)C1(CC2)CCN(Cc2c(C)noc2C)CC1. The summed E-state index contributed by atoms with van der Waals surface area (Å²) in [6, 6.07) is 2.02. The molecular formula is C23H31N7O. The summed E-state index contributed by atoms with van der Waals surface area (Å²) in [4.78, 5) is 12.3. The number of H-pyrrole nitrogens is 1. The maximum atomic E-state index is 5.35. The molecule has 0 saturated carbocycles. The van der Waals surface area contributed by atoms with E-state index in [9.17, 15) is 0 Å². The highest BCUT2D eigenvalue weighted by atomic mass is 16.5. The predicted octanol–water partition coefficient (Wildman–Crippen LogP) is 3.25. The van der Waals surface area contributed by atoms with Crippen LogP contribution in [-0.4, -0.2) is 49.9 Å². The molecule has 0 amide bonds. The number of aryl methyl sites for hydroxylation is 3. The minimum atomic E-state index is 0.193. The van der Waals surface area contributed by atoms with Gasteiger partial charge in [-0.05, 0) is 65.6 Å². The van der Waals surface area contributed by atoms with Crippen LogP contribution in [0.3, 0.4) is 0 Å². The van der Waals surface area contributed by atoms with E-state index >= 15 is 0 Å². The van der Waals surface area contributed by atoms with Crippen molar-refractivity contribution in [2.24, 2.45) is 0 Å². The van der Waals surface area contributed by atoms with Gasteiger partial charge in [-0.25, -0.2) is 9.97 Å². The van der Waals surface area contributed by atoms with Crippen molar-refractivity contribution in [2.75, 3.05) is 25.0 Å². The van der Waals surface area contributed by atoms with Crippen LogP contribution in [0, 0.1) is 20.8 Å². The molecule has 2 N–H and O–H groups in total. The number of fused-ring (bicyclic) bond motifs is 2. The average molecular weight is 422 g/mol. The van der Waals surface area contributed by atoms with Crippen LogP contribution in [0.2, 0.25) is 0 Å². The summed E-state index contributed by atoms with van der Waals surface area (Å²) in [6.07, 6.45) is 7.23. The number of anilines is 1. The molecule has 164 valence electrons. The number of nitrogens with zero attached hydrogens (tertiary/aromatic N) is 5. The Bertz CT molecular complexity index is 1030. The number of likely N-dealkylation sites (tertiary alicyclic amines) is 1. The van der Waals surface area contributed by atoms with Crippen molar-refractivity contribution in [3.05, 3.63) is 52.1 Å². The zero-order valence-electron chi connectivity index (χ0n) is 18.7. The predicted molar refractivity (Wildman–Crippen MR) is 118 cm³/mol. The van der Waals surface area contributed by atoms with Crippen LogP contribution in [0.4, 0.5) is 5.82 Å². The Hall–Kier alpha value is -2.74. The number of rotatable bonds is 6. The fraction of sp³-hybridized carbons (Fsp3) is 0.565. The highest BCUT2D eigenvalue weighted by molar-refractivity contribution is 5.52. The van der Waals surface area contributed by atoms with Gasteiger partial charge in [-0.1, -0.05) is 5.16 Å². The lowest BCUT2D eigenvalue weighted by Crippen LogP contribution is -2.41. The fourth-order valence-electron chi connectivity index (χ4n) is 5.22. The van der Waals surface area contributed by atoms with Gasteiger partial charge in [-0.15, -0.1) is 0 Å². The Morgan fingerprint density at radius 3 is 2.71 bits per heavy atom. The first-order chi connectivity index (χ1) is 15.0. The fourth-order valence-corrected chi connectivity index (χ4v) is 5.22. The maximum absolute atomic E-state index is 5.35. The Kier molecular flexibility index (Phi) is 5.25. The van der Waals surface area contributed by atoms with Gasteiger partial charge in [0.2, 0.25) is 0 Å². The lowest BCUT2D eigenvalue weighted by Gasteiger charge is -2.39. The summed E-state index contributed by atoms with van der Waals surface area (Å²) in [5, 5.41) is 14.7. The number of hydrogen-bond donors (Lipinski definition) is 2. The molecule has 0 radical (unpaired) electrons. The molecule has 8 heteroatoms. The monoisotopic (exact) mass is 421 g/mol. The Morgan fingerprint density at radius 2 is 2.00 bits per heavy atom. The normalized spacial score (nSPS) is 17.9. The molecule has 8 nitrogen and oxygen atoms in total. The zero-order chi connectivity index (χ0) is 21.4. The average Bonchev–Trinajstić information content (AvgIpc) is 3.47. The molecule has 4 heterocycles. The van der Waals surface area contributed by atoms with E-state index in [0.717, 1.165) is 80.7 Å². The van der Waals surface area contributed by atoms with Gasteiger partial charge in [0.25, 0.3) is 0 Å². The molecule has 1 aliphatic heterocycles. The summed E-state index contributed by atoms with van der Waals surface area (Å²) in [5.41, 5.74) is 6.20. The summed E-state index contributed by atoms with van der Waals surface area (Å²) in [5.74, 6) is 2.83. The maximum Gasteiger partial charge on any atom is 0.138 e. The molecule has 1 aliphatic carbocycles. The number of aromatic amines is 1. The lowest BCUT2D eigenvalue weighted by atomic mass is 9.76. The van der Waals surface area contributed by atoms with E-state index in [-0.39, 0.29) is 5.41 Å². The molecule has 5 rings (SSSR count). The van der Waals surface area contributed by atoms with Gasteiger partial charge in [0.15, 0.2) is 0 Å². The van der Waals surface area contributed by atoms with Crippen molar-refractivity contribution in [3.63, 3.8) is 0 Å². The van der Waals surface area contributed by atoms with Crippen molar-refractivity contribution >= 4 is 5.82 Å². The second kappa shape index (κ2) is 8.07. The first-order valence-corrected chi connectivity index (χ1v) is 11.3. The summed E-state index contributed by atoms with van der Waals surface area (Å²) < 4.78 is 5.35. The standard InChI is InChI=1S/C23H31N7O/c1-15-20(16(2)31-29-15)14-30-12-8-23(9-13-30)7-4-19-21(23)26-17(3)27-22(19)24-10-5-18-6-11-25-28-18/h6,11H,4-5,7-10,12-14H2,1-3H3,(H,25,28)(H,24,26,27). The van der Waals surface area contributed by atoms with Crippen LogP contribution in [0.25, 0.3) is 0 Å². The Labute approximate surface area is 182 Å². The second-order valence-electron chi connectivity index (χ2n) is 9.06. The van der Waals surface area contributed by atoms with Crippen LogP contribution in [-0.2, 0) is 24.8 Å². The Morgan fingerprint density at radius 1 is 1.16 bits per heavy atom. The van der Waals surface area contributed by atoms with E-state index < -0.39 is 0 Å². The molecule has 1 saturated heterocycles. The molecule has 3 aromatic rings. The summed E-state index contributed by atoms with van der Waals surface area (Å²) in [7, 11) is 0.